The Labute approximate surface area is 106 Å². The lowest BCUT2D eigenvalue weighted by atomic mass is 10.1. The molecule has 6 heteroatoms. The molecule has 0 spiro atoms. The Morgan fingerprint density at radius 2 is 2.39 bits per heavy atom. The maximum absolute atomic E-state index is 8.67. The van der Waals surface area contributed by atoms with Crippen LogP contribution in [0.15, 0.2) is 23.5 Å². The molecule has 1 aliphatic heterocycles. The fourth-order valence-electron chi connectivity index (χ4n) is 2.05. The van der Waals surface area contributed by atoms with E-state index in [1.807, 2.05) is 19.1 Å². The first-order valence-corrected chi connectivity index (χ1v) is 5.94. The highest BCUT2D eigenvalue weighted by Crippen LogP contribution is 2.21. The highest BCUT2D eigenvalue weighted by atomic mass is 16.5. The number of oxime groups is 1. The SMILES string of the molecule is CC1CN(c2ccnc(C(N)=NO)c2)C(C)CO1. The molecule has 18 heavy (non-hydrogen) atoms. The van der Waals surface area contributed by atoms with Crippen molar-refractivity contribution in [3.05, 3.63) is 24.0 Å². The van der Waals surface area contributed by atoms with Gasteiger partial charge in [-0.3, -0.25) is 4.98 Å². The van der Waals surface area contributed by atoms with E-state index < -0.39 is 0 Å². The van der Waals surface area contributed by atoms with Gasteiger partial charge in [0, 0.05) is 24.5 Å². The highest BCUT2D eigenvalue weighted by molar-refractivity contribution is 5.95. The number of anilines is 1. The molecule has 1 aliphatic rings. The van der Waals surface area contributed by atoms with E-state index >= 15 is 0 Å². The van der Waals surface area contributed by atoms with Crippen LogP contribution in [0.5, 0.6) is 0 Å². The molecule has 2 rings (SSSR count). The predicted octanol–water partition coefficient (Wildman–Crippen LogP) is 0.790. The van der Waals surface area contributed by atoms with E-state index in [2.05, 4.69) is 22.0 Å². The van der Waals surface area contributed by atoms with E-state index in [1.165, 1.54) is 0 Å². The average Bonchev–Trinajstić information content (AvgIpc) is 2.40. The molecule has 0 radical (unpaired) electrons. The minimum absolute atomic E-state index is 0.0193. The molecule has 1 saturated heterocycles. The minimum Gasteiger partial charge on any atom is -0.409 e. The van der Waals surface area contributed by atoms with Crippen molar-refractivity contribution in [3.8, 4) is 0 Å². The highest BCUT2D eigenvalue weighted by Gasteiger charge is 2.24. The summed E-state index contributed by atoms with van der Waals surface area (Å²) >= 11 is 0. The van der Waals surface area contributed by atoms with Gasteiger partial charge in [0.1, 0.15) is 5.69 Å². The van der Waals surface area contributed by atoms with Crippen molar-refractivity contribution in [3.63, 3.8) is 0 Å². The molecule has 2 unspecified atom stereocenters. The number of ether oxygens (including phenoxy) is 1. The Morgan fingerprint density at radius 1 is 1.61 bits per heavy atom. The zero-order chi connectivity index (χ0) is 13.1. The van der Waals surface area contributed by atoms with Gasteiger partial charge in [0.15, 0.2) is 5.84 Å². The maximum atomic E-state index is 8.67. The fraction of sp³-hybridized carbons (Fsp3) is 0.500. The van der Waals surface area contributed by atoms with Crippen LogP contribution in [-0.2, 0) is 4.74 Å². The first-order chi connectivity index (χ1) is 8.61. The third kappa shape index (κ3) is 2.53. The number of aromatic nitrogens is 1. The molecule has 6 nitrogen and oxygen atoms in total. The van der Waals surface area contributed by atoms with Crippen LogP contribution in [-0.4, -0.2) is 41.3 Å². The van der Waals surface area contributed by atoms with Gasteiger partial charge < -0.3 is 20.6 Å². The van der Waals surface area contributed by atoms with Gasteiger partial charge in [0.25, 0.3) is 0 Å². The van der Waals surface area contributed by atoms with E-state index in [9.17, 15) is 0 Å². The van der Waals surface area contributed by atoms with E-state index in [0.717, 1.165) is 12.2 Å². The van der Waals surface area contributed by atoms with Crippen LogP contribution >= 0.6 is 0 Å². The van der Waals surface area contributed by atoms with E-state index in [-0.39, 0.29) is 11.9 Å². The summed E-state index contributed by atoms with van der Waals surface area (Å²) in [6.45, 7) is 5.67. The lowest BCUT2D eigenvalue weighted by Crippen LogP contribution is -2.47. The summed E-state index contributed by atoms with van der Waals surface area (Å²) in [7, 11) is 0. The van der Waals surface area contributed by atoms with Crippen LogP contribution in [0.2, 0.25) is 0 Å². The molecule has 2 atom stereocenters. The third-order valence-electron chi connectivity index (χ3n) is 3.05. The topological polar surface area (TPSA) is 84.0 Å². The number of hydrogen-bond donors (Lipinski definition) is 2. The van der Waals surface area contributed by atoms with Crippen molar-refractivity contribution in [2.24, 2.45) is 10.9 Å². The van der Waals surface area contributed by atoms with Gasteiger partial charge in [0.05, 0.1) is 12.7 Å². The molecular formula is C12H18N4O2. The van der Waals surface area contributed by atoms with Gasteiger partial charge in [-0.15, -0.1) is 0 Å². The molecule has 1 aromatic rings. The lowest BCUT2D eigenvalue weighted by Gasteiger charge is -2.38. The molecule has 98 valence electrons. The molecule has 0 amide bonds. The summed E-state index contributed by atoms with van der Waals surface area (Å²) in [6.07, 6.45) is 1.86. The van der Waals surface area contributed by atoms with E-state index in [0.29, 0.717) is 18.3 Å². The minimum atomic E-state index is 0.0193. The second-order valence-electron chi connectivity index (χ2n) is 4.53. The normalized spacial score (nSPS) is 25.2. The van der Waals surface area contributed by atoms with Crippen LogP contribution in [0, 0.1) is 0 Å². The first kappa shape index (κ1) is 12.6. The first-order valence-electron chi connectivity index (χ1n) is 5.94. The second-order valence-corrected chi connectivity index (χ2v) is 4.53. The zero-order valence-corrected chi connectivity index (χ0v) is 10.6. The summed E-state index contributed by atoms with van der Waals surface area (Å²) in [6, 6.07) is 4.04. The zero-order valence-electron chi connectivity index (χ0n) is 10.6. The van der Waals surface area contributed by atoms with Gasteiger partial charge in [-0.1, -0.05) is 5.16 Å². The fourth-order valence-corrected chi connectivity index (χ4v) is 2.05. The van der Waals surface area contributed by atoms with Crippen molar-refractivity contribution < 1.29 is 9.94 Å². The van der Waals surface area contributed by atoms with Crippen LogP contribution in [0.25, 0.3) is 0 Å². The largest absolute Gasteiger partial charge is 0.409 e. The Balaban J connectivity index is 2.27. The number of pyridine rings is 1. The molecule has 0 aromatic carbocycles. The Morgan fingerprint density at radius 3 is 3.11 bits per heavy atom. The number of hydrogen-bond acceptors (Lipinski definition) is 5. The van der Waals surface area contributed by atoms with Gasteiger partial charge in [-0.05, 0) is 26.0 Å². The standard InChI is InChI=1S/C12H18N4O2/c1-8-7-18-9(2)6-16(8)10-3-4-14-11(5-10)12(13)15-17/h3-5,8-9,17H,6-7H2,1-2H3,(H2,13,15). The molecule has 0 bridgehead atoms. The Bertz CT molecular complexity index is 449. The van der Waals surface area contributed by atoms with Crippen LogP contribution in [0.4, 0.5) is 5.69 Å². The summed E-state index contributed by atoms with van der Waals surface area (Å²) < 4.78 is 5.59. The summed E-state index contributed by atoms with van der Waals surface area (Å²) in [5.74, 6) is 0.0193. The van der Waals surface area contributed by atoms with Crippen LogP contribution in [0.3, 0.4) is 0 Å². The van der Waals surface area contributed by atoms with E-state index in [4.69, 9.17) is 15.7 Å². The molecule has 0 saturated carbocycles. The van der Waals surface area contributed by atoms with Gasteiger partial charge in [-0.2, -0.15) is 0 Å². The molecule has 3 N–H and O–H groups in total. The molecular weight excluding hydrogens is 232 g/mol. The number of rotatable bonds is 2. The summed E-state index contributed by atoms with van der Waals surface area (Å²) in [5, 5.41) is 11.6. The molecule has 0 aliphatic carbocycles. The lowest BCUT2D eigenvalue weighted by molar-refractivity contribution is 0.0344. The smallest absolute Gasteiger partial charge is 0.188 e. The molecule has 1 fully saturated rings. The quantitative estimate of drug-likeness (QED) is 0.351. The molecule has 1 aromatic heterocycles. The van der Waals surface area contributed by atoms with Gasteiger partial charge >= 0.3 is 0 Å². The predicted molar refractivity (Wildman–Crippen MR) is 69.0 cm³/mol. The van der Waals surface area contributed by atoms with Crippen LogP contribution in [0.1, 0.15) is 19.5 Å². The van der Waals surface area contributed by atoms with Crippen molar-refractivity contribution in [1.29, 1.82) is 0 Å². The van der Waals surface area contributed by atoms with Gasteiger partial charge in [0.2, 0.25) is 0 Å². The monoisotopic (exact) mass is 250 g/mol. The van der Waals surface area contributed by atoms with Crippen molar-refractivity contribution in [2.75, 3.05) is 18.1 Å². The van der Waals surface area contributed by atoms with Crippen molar-refractivity contribution >= 4 is 11.5 Å². The Kier molecular flexibility index (Phi) is 3.66. The number of nitrogens with zero attached hydrogens (tertiary/aromatic N) is 3. The maximum Gasteiger partial charge on any atom is 0.188 e. The average molecular weight is 250 g/mol. The Hall–Kier alpha value is -1.82. The number of amidine groups is 1. The number of nitrogens with two attached hydrogens (primary N) is 1. The van der Waals surface area contributed by atoms with Crippen molar-refractivity contribution in [2.45, 2.75) is 26.0 Å². The van der Waals surface area contributed by atoms with E-state index in [1.54, 1.807) is 6.20 Å². The number of morpholine rings is 1. The summed E-state index contributed by atoms with van der Waals surface area (Å²) in [5.41, 5.74) is 7.03. The molecule has 2 heterocycles. The third-order valence-corrected chi connectivity index (χ3v) is 3.05. The van der Waals surface area contributed by atoms with Crippen molar-refractivity contribution in [1.82, 2.24) is 4.98 Å². The second kappa shape index (κ2) is 5.22. The van der Waals surface area contributed by atoms with Crippen LogP contribution < -0.4 is 10.6 Å². The summed E-state index contributed by atoms with van der Waals surface area (Å²) in [4.78, 5) is 6.32. The van der Waals surface area contributed by atoms with Gasteiger partial charge in [-0.25, -0.2) is 0 Å².